The maximum Gasteiger partial charge on any atom is 0.308 e. The molecule has 0 radical (unpaired) electrons. The van der Waals surface area contributed by atoms with E-state index in [0.29, 0.717) is 12.6 Å². The molecule has 0 unspecified atom stereocenters. The summed E-state index contributed by atoms with van der Waals surface area (Å²) in [4.78, 5) is 23.6. The molecule has 2 rings (SSSR count). The van der Waals surface area contributed by atoms with Crippen LogP contribution >= 0.6 is 0 Å². The molecule has 0 atom stereocenters. The van der Waals surface area contributed by atoms with Crippen LogP contribution in [0.1, 0.15) is 37.0 Å². The molecule has 0 aromatic heterocycles. The highest BCUT2D eigenvalue weighted by atomic mass is 19.1. The molecule has 1 amide bonds. The smallest absolute Gasteiger partial charge is 0.308 e. The third kappa shape index (κ3) is 3.34. The number of carbonyl (C=O) groups is 1. The van der Waals surface area contributed by atoms with Crippen molar-refractivity contribution in [1.29, 1.82) is 0 Å². The summed E-state index contributed by atoms with van der Waals surface area (Å²) in [5.74, 6) is -2.79. The Bertz CT molecular complexity index is 586. The lowest BCUT2D eigenvalue weighted by atomic mass is 10.1. The fourth-order valence-corrected chi connectivity index (χ4v) is 2.20. The minimum absolute atomic E-state index is 0.0154. The van der Waals surface area contributed by atoms with Gasteiger partial charge in [0.1, 0.15) is 5.82 Å². The minimum atomic E-state index is -1.28. The molecule has 1 saturated carbocycles. The molecule has 114 valence electrons. The van der Waals surface area contributed by atoms with Gasteiger partial charge in [-0.2, -0.15) is 4.39 Å². The minimum Gasteiger partial charge on any atom is -0.335 e. The first-order valence-corrected chi connectivity index (χ1v) is 6.75. The van der Waals surface area contributed by atoms with Crippen molar-refractivity contribution >= 4 is 11.6 Å². The molecule has 21 heavy (non-hydrogen) atoms. The van der Waals surface area contributed by atoms with Gasteiger partial charge in [-0.1, -0.05) is 13.8 Å². The number of carbonyl (C=O) groups excluding carboxylic acids is 1. The summed E-state index contributed by atoms with van der Waals surface area (Å²) < 4.78 is 27.5. The zero-order valence-electron chi connectivity index (χ0n) is 11.8. The topological polar surface area (TPSA) is 63.5 Å². The zero-order valence-corrected chi connectivity index (χ0v) is 11.8. The van der Waals surface area contributed by atoms with Crippen LogP contribution in [-0.2, 0) is 0 Å². The Morgan fingerprint density at radius 1 is 1.43 bits per heavy atom. The molecule has 1 aromatic rings. The number of hydrogen-bond donors (Lipinski definition) is 0. The first-order chi connectivity index (χ1) is 9.81. The van der Waals surface area contributed by atoms with E-state index in [1.807, 2.05) is 13.8 Å². The molecule has 0 N–H and O–H groups in total. The van der Waals surface area contributed by atoms with Gasteiger partial charge in [0, 0.05) is 12.6 Å². The molecule has 0 spiro atoms. The van der Waals surface area contributed by atoms with Gasteiger partial charge < -0.3 is 4.90 Å². The molecule has 0 aliphatic heterocycles. The van der Waals surface area contributed by atoms with Crippen LogP contribution in [0.5, 0.6) is 0 Å². The molecule has 5 nitrogen and oxygen atoms in total. The van der Waals surface area contributed by atoms with E-state index < -0.39 is 33.7 Å². The molecule has 1 aliphatic rings. The van der Waals surface area contributed by atoms with Crippen molar-refractivity contribution in [2.75, 3.05) is 6.54 Å². The number of amides is 1. The average Bonchev–Trinajstić information content (AvgIpc) is 3.21. The lowest BCUT2D eigenvalue weighted by molar-refractivity contribution is -0.387. The summed E-state index contributed by atoms with van der Waals surface area (Å²) >= 11 is 0. The van der Waals surface area contributed by atoms with E-state index in [2.05, 4.69) is 0 Å². The highest BCUT2D eigenvalue weighted by Gasteiger charge is 2.36. The summed E-state index contributed by atoms with van der Waals surface area (Å²) in [7, 11) is 0. The Hall–Kier alpha value is -2.05. The van der Waals surface area contributed by atoms with Crippen molar-refractivity contribution in [1.82, 2.24) is 4.90 Å². The quantitative estimate of drug-likeness (QED) is 0.619. The fourth-order valence-electron chi connectivity index (χ4n) is 2.20. The molecule has 0 bridgehead atoms. The molecular weight excluding hydrogens is 282 g/mol. The Morgan fingerprint density at radius 2 is 2.05 bits per heavy atom. The predicted octanol–water partition coefficient (Wildman–Crippen LogP) is 3.13. The fraction of sp³-hybridized carbons (Fsp3) is 0.500. The highest BCUT2D eigenvalue weighted by Crippen LogP contribution is 2.31. The summed E-state index contributed by atoms with van der Waals surface area (Å²) in [6, 6.07) is 1.22. The Morgan fingerprint density at radius 3 is 2.52 bits per heavy atom. The van der Waals surface area contributed by atoms with Crippen LogP contribution < -0.4 is 0 Å². The monoisotopic (exact) mass is 298 g/mol. The average molecular weight is 298 g/mol. The Kier molecular flexibility index (Phi) is 4.20. The van der Waals surface area contributed by atoms with Crippen LogP contribution in [0.3, 0.4) is 0 Å². The standard InChI is InChI=1S/C14H16F2N2O3/c1-8(2)7-17(10-3-4-10)14(19)11-5-9(15)6-12(13(11)16)18(20)21/h5-6,8,10H,3-4,7H2,1-2H3. The van der Waals surface area contributed by atoms with Crippen molar-refractivity contribution in [3.05, 3.63) is 39.4 Å². The molecule has 1 fully saturated rings. The SMILES string of the molecule is CC(C)CN(C(=O)c1cc(F)cc([N+](=O)[O-])c1F)C1CC1. The van der Waals surface area contributed by atoms with Crippen molar-refractivity contribution in [3.8, 4) is 0 Å². The second kappa shape index (κ2) is 5.75. The number of nitro benzene ring substituents is 1. The number of hydrogen-bond acceptors (Lipinski definition) is 3. The van der Waals surface area contributed by atoms with Crippen molar-refractivity contribution < 1.29 is 18.5 Å². The van der Waals surface area contributed by atoms with Gasteiger partial charge in [-0.3, -0.25) is 14.9 Å². The van der Waals surface area contributed by atoms with Gasteiger partial charge in [0.15, 0.2) is 0 Å². The van der Waals surface area contributed by atoms with E-state index in [1.165, 1.54) is 4.90 Å². The molecule has 0 saturated heterocycles. The Balaban J connectivity index is 2.39. The van der Waals surface area contributed by atoms with Gasteiger partial charge in [0.2, 0.25) is 5.82 Å². The zero-order chi connectivity index (χ0) is 15.7. The predicted molar refractivity (Wildman–Crippen MR) is 71.9 cm³/mol. The third-order valence-electron chi connectivity index (χ3n) is 3.26. The number of nitro groups is 1. The van der Waals surface area contributed by atoms with Gasteiger partial charge >= 0.3 is 5.69 Å². The van der Waals surface area contributed by atoms with Crippen molar-refractivity contribution in [3.63, 3.8) is 0 Å². The van der Waals surface area contributed by atoms with Gasteiger partial charge in [0.05, 0.1) is 16.6 Å². The van der Waals surface area contributed by atoms with E-state index in [1.54, 1.807) is 0 Å². The second-order valence-corrected chi connectivity index (χ2v) is 5.63. The second-order valence-electron chi connectivity index (χ2n) is 5.63. The summed E-state index contributed by atoms with van der Waals surface area (Å²) in [5, 5.41) is 10.7. The largest absolute Gasteiger partial charge is 0.335 e. The summed E-state index contributed by atoms with van der Waals surface area (Å²) in [6.07, 6.45) is 1.63. The van der Waals surface area contributed by atoms with Gasteiger partial charge in [-0.05, 0) is 24.8 Å². The van der Waals surface area contributed by atoms with E-state index in [9.17, 15) is 23.7 Å². The van der Waals surface area contributed by atoms with Crippen molar-refractivity contribution in [2.24, 2.45) is 5.92 Å². The first kappa shape index (κ1) is 15.3. The van der Waals surface area contributed by atoms with Crippen LogP contribution in [0, 0.1) is 27.7 Å². The van der Waals surface area contributed by atoms with Crippen LogP contribution in [0.2, 0.25) is 0 Å². The molecular formula is C14H16F2N2O3. The maximum atomic E-state index is 14.1. The van der Waals surface area contributed by atoms with Gasteiger partial charge in [-0.15, -0.1) is 0 Å². The molecule has 7 heteroatoms. The molecule has 1 aromatic carbocycles. The van der Waals surface area contributed by atoms with Gasteiger partial charge in [0.25, 0.3) is 5.91 Å². The van der Waals surface area contributed by atoms with Gasteiger partial charge in [-0.25, -0.2) is 4.39 Å². The highest BCUT2D eigenvalue weighted by molar-refractivity contribution is 5.95. The Labute approximate surface area is 120 Å². The van der Waals surface area contributed by atoms with Crippen LogP contribution in [-0.4, -0.2) is 28.3 Å². The normalized spacial score (nSPS) is 14.3. The number of rotatable bonds is 5. The number of benzene rings is 1. The third-order valence-corrected chi connectivity index (χ3v) is 3.26. The van der Waals surface area contributed by atoms with Crippen molar-refractivity contribution in [2.45, 2.75) is 32.7 Å². The van der Waals surface area contributed by atoms with E-state index >= 15 is 0 Å². The lowest BCUT2D eigenvalue weighted by Gasteiger charge is -2.24. The van der Waals surface area contributed by atoms with Crippen LogP contribution in [0.25, 0.3) is 0 Å². The maximum absolute atomic E-state index is 14.1. The van der Waals surface area contributed by atoms with Crippen LogP contribution in [0.4, 0.5) is 14.5 Å². The molecule has 0 heterocycles. The number of nitrogens with zero attached hydrogens (tertiary/aromatic N) is 2. The summed E-state index contributed by atoms with van der Waals surface area (Å²) in [5.41, 5.74) is -1.59. The van der Waals surface area contributed by atoms with E-state index in [0.717, 1.165) is 18.9 Å². The lowest BCUT2D eigenvalue weighted by Crippen LogP contribution is -2.36. The number of halogens is 2. The first-order valence-electron chi connectivity index (χ1n) is 6.75. The van der Waals surface area contributed by atoms with E-state index in [-0.39, 0.29) is 12.0 Å². The summed E-state index contributed by atoms with van der Waals surface area (Å²) in [6.45, 7) is 4.23. The molecule has 1 aliphatic carbocycles. The van der Waals surface area contributed by atoms with Crippen LogP contribution in [0.15, 0.2) is 12.1 Å². The van der Waals surface area contributed by atoms with E-state index in [4.69, 9.17) is 0 Å².